The summed E-state index contributed by atoms with van der Waals surface area (Å²) in [5, 5.41) is 27.8. The first-order valence-electron chi connectivity index (χ1n) is 4.31. The normalized spacial score (nSPS) is 14.3. The molecule has 2 atom stereocenters. The van der Waals surface area contributed by atoms with E-state index in [2.05, 4.69) is 0 Å². The van der Waals surface area contributed by atoms with E-state index in [9.17, 15) is 10.2 Å². The van der Waals surface area contributed by atoms with Crippen molar-refractivity contribution in [2.45, 2.75) is 12.2 Å². The molecule has 0 bridgehead atoms. The van der Waals surface area contributed by atoms with Gasteiger partial charge in [-0.25, -0.2) is 0 Å². The third-order valence-corrected chi connectivity index (χ3v) is 2.36. The van der Waals surface area contributed by atoms with Crippen molar-refractivity contribution in [3.05, 3.63) is 29.3 Å². The third kappa shape index (κ3) is 2.60. The molecule has 0 saturated heterocycles. The number of aliphatic hydroxyl groups is 2. The van der Waals surface area contributed by atoms with Gasteiger partial charge < -0.3 is 15.9 Å². The Balaban J connectivity index is 3.09. The van der Waals surface area contributed by atoms with Gasteiger partial charge in [0.05, 0.1) is 23.6 Å². The fraction of sp³-hybridized carbons (Fsp3) is 0.300. The standard InChI is InChI=1S/C10H11ClN2O2/c11-4-9(14)10(15)8-2-1-7(13)3-6(8)5-12/h1-3,9-10,14-15H,4,13H2. The number of benzene rings is 1. The van der Waals surface area contributed by atoms with Gasteiger partial charge in [0.2, 0.25) is 0 Å². The first kappa shape index (κ1) is 11.8. The molecule has 1 aromatic carbocycles. The number of nitrogen functional groups attached to an aromatic ring is 1. The van der Waals surface area contributed by atoms with E-state index in [4.69, 9.17) is 22.6 Å². The minimum Gasteiger partial charge on any atom is -0.399 e. The van der Waals surface area contributed by atoms with Crippen LogP contribution in [-0.2, 0) is 0 Å². The van der Waals surface area contributed by atoms with E-state index in [1.54, 1.807) is 6.07 Å². The Labute approximate surface area is 92.5 Å². The Kier molecular flexibility index (Phi) is 3.92. The monoisotopic (exact) mass is 226 g/mol. The minimum absolute atomic E-state index is 0.101. The van der Waals surface area contributed by atoms with Crippen LogP contribution in [0.2, 0.25) is 0 Å². The number of rotatable bonds is 3. The van der Waals surface area contributed by atoms with Crippen LogP contribution in [0.5, 0.6) is 0 Å². The highest BCUT2D eigenvalue weighted by atomic mass is 35.5. The van der Waals surface area contributed by atoms with Gasteiger partial charge in [-0.1, -0.05) is 6.07 Å². The van der Waals surface area contributed by atoms with Gasteiger partial charge in [0.25, 0.3) is 0 Å². The number of nitrogens with zero attached hydrogens (tertiary/aromatic N) is 1. The second kappa shape index (κ2) is 4.99. The van der Waals surface area contributed by atoms with E-state index in [-0.39, 0.29) is 11.4 Å². The van der Waals surface area contributed by atoms with Crippen LogP contribution in [0.25, 0.3) is 0 Å². The fourth-order valence-corrected chi connectivity index (χ4v) is 1.39. The first-order chi connectivity index (χ1) is 7.10. The van der Waals surface area contributed by atoms with Crippen LogP contribution in [0.1, 0.15) is 17.2 Å². The zero-order valence-electron chi connectivity index (χ0n) is 7.89. The number of hydrogen-bond acceptors (Lipinski definition) is 4. The van der Waals surface area contributed by atoms with E-state index >= 15 is 0 Å². The number of alkyl halides is 1. The van der Waals surface area contributed by atoms with Gasteiger partial charge in [-0.3, -0.25) is 0 Å². The smallest absolute Gasteiger partial charge is 0.107 e. The molecule has 0 radical (unpaired) electrons. The van der Waals surface area contributed by atoms with Crippen molar-refractivity contribution in [2.75, 3.05) is 11.6 Å². The maximum absolute atomic E-state index is 9.67. The molecule has 0 saturated carbocycles. The average molecular weight is 227 g/mol. The molecule has 2 unspecified atom stereocenters. The molecule has 1 rings (SSSR count). The van der Waals surface area contributed by atoms with Crippen LogP contribution < -0.4 is 5.73 Å². The van der Waals surface area contributed by atoms with Crippen molar-refractivity contribution in [3.8, 4) is 6.07 Å². The third-order valence-electron chi connectivity index (χ3n) is 2.04. The van der Waals surface area contributed by atoms with Crippen LogP contribution in [0, 0.1) is 11.3 Å². The molecule has 1 aromatic rings. The van der Waals surface area contributed by atoms with Crippen molar-refractivity contribution in [1.82, 2.24) is 0 Å². The van der Waals surface area contributed by atoms with E-state index in [1.165, 1.54) is 12.1 Å². The molecule has 5 heteroatoms. The molecule has 0 aromatic heterocycles. The van der Waals surface area contributed by atoms with E-state index in [1.807, 2.05) is 6.07 Å². The summed E-state index contributed by atoms with van der Waals surface area (Å²) < 4.78 is 0. The number of anilines is 1. The largest absolute Gasteiger partial charge is 0.399 e. The molecule has 15 heavy (non-hydrogen) atoms. The van der Waals surface area contributed by atoms with Crippen LogP contribution in [0.15, 0.2) is 18.2 Å². The topological polar surface area (TPSA) is 90.3 Å². The lowest BCUT2D eigenvalue weighted by molar-refractivity contribution is 0.0325. The zero-order valence-corrected chi connectivity index (χ0v) is 8.65. The lowest BCUT2D eigenvalue weighted by atomic mass is 9.99. The summed E-state index contributed by atoms with van der Waals surface area (Å²) in [5.74, 6) is -0.101. The molecule has 0 spiro atoms. The van der Waals surface area contributed by atoms with E-state index < -0.39 is 12.2 Å². The number of nitriles is 1. The summed E-state index contributed by atoms with van der Waals surface area (Å²) in [7, 11) is 0. The molecule has 0 heterocycles. The number of nitrogens with two attached hydrogens (primary N) is 1. The lowest BCUT2D eigenvalue weighted by Gasteiger charge is -2.16. The molecule has 80 valence electrons. The second-order valence-corrected chi connectivity index (χ2v) is 3.43. The minimum atomic E-state index is -1.17. The summed E-state index contributed by atoms with van der Waals surface area (Å²) in [4.78, 5) is 0. The number of aliphatic hydroxyl groups excluding tert-OH is 2. The maximum atomic E-state index is 9.67. The lowest BCUT2D eigenvalue weighted by Crippen LogP contribution is -2.20. The van der Waals surface area contributed by atoms with Gasteiger partial charge in [0.1, 0.15) is 6.10 Å². The van der Waals surface area contributed by atoms with Crippen molar-refractivity contribution >= 4 is 17.3 Å². The summed E-state index contributed by atoms with van der Waals surface area (Å²) in [6.07, 6.45) is -2.26. The summed E-state index contributed by atoms with van der Waals surface area (Å²) >= 11 is 5.41. The van der Waals surface area contributed by atoms with Gasteiger partial charge >= 0.3 is 0 Å². The highest BCUT2D eigenvalue weighted by Crippen LogP contribution is 2.23. The molecular weight excluding hydrogens is 216 g/mol. The second-order valence-electron chi connectivity index (χ2n) is 3.12. The molecule has 4 N–H and O–H groups in total. The van der Waals surface area contributed by atoms with Gasteiger partial charge in [-0.05, 0) is 12.1 Å². The molecular formula is C10H11ClN2O2. The van der Waals surface area contributed by atoms with Crippen LogP contribution in [0.4, 0.5) is 5.69 Å². The van der Waals surface area contributed by atoms with Crippen molar-refractivity contribution in [2.24, 2.45) is 0 Å². The average Bonchev–Trinajstić information content (AvgIpc) is 2.26. The maximum Gasteiger partial charge on any atom is 0.107 e. The highest BCUT2D eigenvalue weighted by molar-refractivity contribution is 6.18. The van der Waals surface area contributed by atoms with Crippen LogP contribution in [0.3, 0.4) is 0 Å². The SMILES string of the molecule is N#Cc1cc(N)ccc1C(O)C(O)CCl. The fourth-order valence-electron chi connectivity index (χ4n) is 1.22. The predicted octanol–water partition coefficient (Wildman–Crippen LogP) is 0.774. The van der Waals surface area contributed by atoms with Crippen LogP contribution in [-0.4, -0.2) is 22.2 Å². The summed E-state index contributed by atoms with van der Waals surface area (Å²) in [6.45, 7) is 0. The van der Waals surface area contributed by atoms with E-state index in [0.29, 0.717) is 11.3 Å². The number of hydrogen-bond donors (Lipinski definition) is 3. The van der Waals surface area contributed by atoms with Crippen molar-refractivity contribution in [3.63, 3.8) is 0 Å². The summed E-state index contributed by atoms with van der Waals surface area (Å²) in [6, 6.07) is 6.41. The Morgan fingerprint density at radius 3 is 2.67 bits per heavy atom. The molecule has 0 aliphatic heterocycles. The van der Waals surface area contributed by atoms with Gasteiger partial charge in [-0.2, -0.15) is 5.26 Å². The molecule has 0 amide bonds. The van der Waals surface area contributed by atoms with Gasteiger partial charge in [0.15, 0.2) is 0 Å². The Bertz CT molecular complexity index is 389. The highest BCUT2D eigenvalue weighted by Gasteiger charge is 2.20. The molecule has 0 fully saturated rings. The Morgan fingerprint density at radius 1 is 1.47 bits per heavy atom. The Hall–Kier alpha value is -1.28. The molecule has 4 nitrogen and oxygen atoms in total. The quantitative estimate of drug-likeness (QED) is 0.525. The number of halogens is 1. The van der Waals surface area contributed by atoms with Gasteiger partial charge in [0, 0.05) is 11.3 Å². The van der Waals surface area contributed by atoms with Crippen molar-refractivity contribution in [1.29, 1.82) is 5.26 Å². The first-order valence-corrected chi connectivity index (χ1v) is 4.85. The predicted molar refractivity (Wildman–Crippen MR) is 57.3 cm³/mol. The molecule has 0 aliphatic carbocycles. The molecule has 0 aliphatic rings. The summed E-state index contributed by atoms with van der Waals surface area (Å²) in [5.41, 5.74) is 6.50. The van der Waals surface area contributed by atoms with Crippen molar-refractivity contribution < 1.29 is 10.2 Å². The zero-order chi connectivity index (χ0) is 11.4. The van der Waals surface area contributed by atoms with E-state index in [0.717, 1.165) is 0 Å². The Morgan fingerprint density at radius 2 is 2.13 bits per heavy atom. The van der Waals surface area contributed by atoms with Gasteiger partial charge in [-0.15, -0.1) is 11.6 Å². The van der Waals surface area contributed by atoms with Crippen LogP contribution >= 0.6 is 11.6 Å².